The summed E-state index contributed by atoms with van der Waals surface area (Å²) in [7, 11) is -1.63. The number of hydrogen-bond donors (Lipinski definition) is 1. The van der Waals surface area contributed by atoms with Gasteiger partial charge in [0.05, 0.1) is 18.7 Å². The Morgan fingerprint density at radius 2 is 1.65 bits per heavy atom. The normalized spacial score (nSPS) is 11.2. The van der Waals surface area contributed by atoms with E-state index in [1.165, 1.54) is 0 Å². The number of carbonyl (C=O) groups is 1. The number of para-hydroxylation sites is 1. The lowest BCUT2D eigenvalue weighted by Crippen LogP contribution is -2.42. The molecule has 0 saturated carbocycles. The van der Waals surface area contributed by atoms with E-state index in [2.05, 4.69) is 25.0 Å². The van der Waals surface area contributed by atoms with Crippen molar-refractivity contribution in [1.29, 1.82) is 0 Å². The number of benzene rings is 2. The van der Waals surface area contributed by atoms with Gasteiger partial charge in [0.1, 0.15) is 0 Å². The molecule has 0 bridgehead atoms. The molecule has 0 unspecified atom stereocenters. The Morgan fingerprint density at radius 1 is 1.00 bits per heavy atom. The monoisotopic (exact) mass is 303 g/mol. The molecule has 0 aliphatic heterocycles. The van der Waals surface area contributed by atoms with Crippen molar-refractivity contribution in [2.24, 2.45) is 0 Å². The molecule has 1 amide bonds. The fraction of sp³-hybridized carbons (Fsp3) is 0.188. The van der Waals surface area contributed by atoms with Gasteiger partial charge in [-0.2, -0.15) is 0 Å². The maximum Gasteiger partial charge on any atom is 0.257 e. The third-order valence-corrected chi connectivity index (χ3v) is 5.43. The van der Waals surface area contributed by atoms with Gasteiger partial charge in [0.15, 0.2) is 0 Å². The van der Waals surface area contributed by atoms with Crippen LogP contribution in [0.5, 0.6) is 0 Å². The number of carbonyl (C=O) groups excluding carboxylic acids is 1. The predicted octanol–water partition coefficient (Wildman–Crippen LogP) is 4.14. The smallest absolute Gasteiger partial charge is 0.257 e. The lowest BCUT2D eigenvalue weighted by atomic mass is 10.2. The van der Waals surface area contributed by atoms with Crippen molar-refractivity contribution in [2.45, 2.75) is 19.6 Å². The highest BCUT2D eigenvalue weighted by atomic mass is 35.5. The Kier molecular flexibility index (Phi) is 4.31. The summed E-state index contributed by atoms with van der Waals surface area (Å²) in [5.41, 5.74) is 1.39. The van der Waals surface area contributed by atoms with Crippen LogP contribution in [0, 0.1) is 0 Å². The molecule has 2 aromatic rings. The summed E-state index contributed by atoms with van der Waals surface area (Å²) in [6.45, 7) is 6.62. The van der Waals surface area contributed by atoms with Crippen molar-refractivity contribution in [3.05, 3.63) is 59.1 Å². The highest BCUT2D eigenvalue weighted by Gasteiger charge is 2.25. The molecule has 2 nitrogen and oxygen atoms in total. The van der Waals surface area contributed by atoms with Crippen LogP contribution in [0.3, 0.4) is 0 Å². The summed E-state index contributed by atoms with van der Waals surface area (Å²) >= 11 is 6.26. The summed E-state index contributed by atoms with van der Waals surface area (Å²) in [6, 6.07) is 15.1. The number of amides is 1. The van der Waals surface area contributed by atoms with Crippen molar-refractivity contribution in [3.8, 4) is 0 Å². The average molecular weight is 304 g/mol. The van der Waals surface area contributed by atoms with Gasteiger partial charge in [-0.1, -0.05) is 61.6 Å². The minimum atomic E-state index is -1.63. The number of anilines is 1. The van der Waals surface area contributed by atoms with Crippen LogP contribution in [0.2, 0.25) is 24.7 Å². The Labute approximate surface area is 125 Å². The molecule has 0 atom stereocenters. The van der Waals surface area contributed by atoms with Gasteiger partial charge in [0.2, 0.25) is 0 Å². The number of rotatable bonds is 3. The molecule has 0 saturated heterocycles. The Bertz CT molecular complexity index is 620. The second-order valence-electron chi connectivity index (χ2n) is 5.73. The van der Waals surface area contributed by atoms with E-state index in [9.17, 15) is 4.79 Å². The standard InChI is InChI=1S/C16H18ClNOSi/c1-20(2,3)14-11-7-10-13(17)15(14)16(19)18-12-8-5-4-6-9-12/h4-11H,1-3H3,(H,18,19). The molecule has 104 valence electrons. The molecule has 2 aromatic carbocycles. The fourth-order valence-corrected chi connectivity index (χ4v) is 4.03. The number of hydrogen-bond acceptors (Lipinski definition) is 1. The lowest BCUT2D eigenvalue weighted by Gasteiger charge is -2.21. The highest BCUT2D eigenvalue weighted by Crippen LogP contribution is 2.19. The van der Waals surface area contributed by atoms with Crippen molar-refractivity contribution in [1.82, 2.24) is 0 Å². The zero-order chi connectivity index (χ0) is 14.8. The molecule has 0 radical (unpaired) electrons. The zero-order valence-electron chi connectivity index (χ0n) is 11.9. The molecule has 0 heterocycles. The molecule has 0 aliphatic carbocycles. The van der Waals surface area contributed by atoms with Crippen LogP contribution in [0.1, 0.15) is 10.4 Å². The highest BCUT2D eigenvalue weighted by molar-refractivity contribution is 6.89. The van der Waals surface area contributed by atoms with Crippen LogP contribution in [-0.4, -0.2) is 14.0 Å². The van der Waals surface area contributed by atoms with E-state index >= 15 is 0 Å². The molecule has 1 N–H and O–H groups in total. The first-order valence-corrected chi connectivity index (χ1v) is 10.4. The Morgan fingerprint density at radius 3 is 2.25 bits per heavy atom. The van der Waals surface area contributed by atoms with E-state index in [0.717, 1.165) is 10.9 Å². The minimum absolute atomic E-state index is 0.140. The summed E-state index contributed by atoms with van der Waals surface area (Å²) in [4.78, 5) is 12.5. The molecular weight excluding hydrogens is 286 g/mol. The first-order valence-electron chi connectivity index (χ1n) is 6.55. The number of halogens is 1. The molecule has 2 rings (SSSR count). The summed E-state index contributed by atoms with van der Waals surface area (Å²) in [6.07, 6.45) is 0. The van der Waals surface area contributed by atoms with Gasteiger partial charge in [-0.05, 0) is 23.4 Å². The largest absolute Gasteiger partial charge is 0.322 e. The van der Waals surface area contributed by atoms with Crippen LogP contribution in [-0.2, 0) is 0 Å². The van der Waals surface area contributed by atoms with E-state index in [-0.39, 0.29) is 5.91 Å². The second-order valence-corrected chi connectivity index (χ2v) is 11.2. The fourth-order valence-electron chi connectivity index (χ4n) is 2.09. The average Bonchev–Trinajstić information content (AvgIpc) is 2.38. The molecular formula is C16H18ClNOSi. The molecule has 20 heavy (non-hydrogen) atoms. The maximum atomic E-state index is 12.5. The quantitative estimate of drug-likeness (QED) is 0.848. The van der Waals surface area contributed by atoms with Gasteiger partial charge in [-0.15, -0.1) is 0 Å². The van der Waals surface area contributed by atoms with Crippen LogP contribution < -0.4 is 10.5 Å². The summed E-state index contributed by atoms with van der Waals surface area (Å²) in [5.74, 6) is -0.140. The zero-order valence-corrected chi connectivity index (χ0v) is 13.7. The topological polar surface area (TPSA) is 29.1 Å². The number of nitrogens with one attached hydrogen (secondary N) is 1. The van der Waals surface area contributed by atoms with Crippen molar-refractivity contribution >= 4 is 36.5 Å². The van der Waals surface area contributed by atoms with E-state index in [4.69, 9.17) is 11.6 Å². The third-order valence-electron chi connectivity index (χ3n) is 3.08. The van der Waals surface area contributed by atoms with E-state index in [0.29, 0.717) is 10.6 Å². The first-order chi connectivity index (χ1) is 9.39. The van der Waals surface area contributed by atoms with E-state index < -0.39 is 8.07 Å². The van der Waals surface area contributed by atoms with Gasteiger partial charge in [-0.3, -0.25) is 4.79 Å². The van der Waals surface area contributed by atoms with Crippen LogP contribution in [0.15, 0.2) is 48.5 Å². The maximum absolute atomic E-state index is 12.5. The SMILES string of the molecule is C[Si](C)(C)c1cccc(Cl)c1C(=O)Nc1ccccc1. The van der Waals surface area contributed by atoms with Crippen LogP contribution in [0.4, 0.5) is 5.69 Å². The molecule has 0 aliphatic rings. The van der Waals surface area contributed by atoms with Crippen LogP contribution in [0.25, 0.3) is 0 Å². The Hall–Kier alpha value is -1.58. The van der Waals surface area contributed by atoms with E-state index in [1.54, 1.807) is 6.07 Å². The van der Waals surface area contributed by atoms with E-state index in [1.807, 2.05) is 42.5 Å². The predicted molar refractivity (Wildman–Crippen MR) is 88.8 cm³/mol. The van der Waals surface area contributed by atoms with Gasteiger partial charge in [0.25, 0.3) is 5.91 Å². The van der Waals surface area contributed by atoms with Crippen molar-refractivity contribution in [2.75, 3.05) is 5.32 Å². The first kappa shape index (κ1) is 14.8. The van der Waals surface area contributed by atoms with Gasteiger partial charge in [-0.25, -0.2) is 0 Å². The summed E-state index contributed by atoms with van der Waals surface area (Å²) < 4.78 is 0. The van der Waals surface area contributed by atoms with Gasteiger partial charge >= 0.3 is 0 Å². The summed E-state index contributed by atoms with van der Waals surface area (Å²) in [5, 5.41) is 4.50. The lowest BCUT2D eigenvalue weighted by molar-refractivity contribution is 0.102. The van der Waals surface area contributed by atoms with Gasteiger partial charge in [0, 0.05) is 5.69 Å². The van der Waals surface area contributed by atoms with Crippen molar-refractivity contribution in [3.63, 3.8) is 0 Å². The molecule has 0 aromatic heterocycles. The molecule has 0 fully saturated rings. The minimum Gasteiger partial charge on any atom is -0.322 e. The molecule has 4 heteroatoms. The molecule has 0 spiro atoms. The Balaban J connectivity index is 2.40. The van der Waals surface area contributed by atoms with Gasteiger partial charge < -0.3 is 5.32 Å². The van der Waals surface area contributed by atoms with Crippen LogP contribution >= 0.6 is 11.6 Å². The third kappa shape index (κ3) is 3.29. The van der Waals surface area contributed by atoms with Crippen molar-refractivity contribution < 1.29 is 4.79 Å². The second kappa shape index (κ2) is 5.81.